The second-order valence-corrected chi connectivity index (χ2v) is 4.53. The highest BCUT2D eigenvalue weighted by atomic mass is 15.4. The largest absolute Gasteiger partial charge is 0.313 e. The minimum absolute atomic E-state index is 0.624. The van der Waals surface area contributed by atoms with Crippen LogP contribution in [0.1, 0.15) is 25.5 Å². The molecule has 0 aromatic carbocycles. The molecule has 1 aromatic rings. The first-order chi connectivity index (χ1) is 7.78. The smallest absolute Gasteiger partial charge is 0.0967 e. The molecule has 16 heavy (non-hydrogen) atoms. The number of nitrogens with one attached hydrogen (secondary N) is 1. The number of nitrogens with zero attached hydrogens (tertiary/aromatic N) is 4. The zero-order chi connectivity index (χ0) is 11.4. The summed E-state index contributed by atoms with van der Waals surface area (Å²) in [5.41, 5.74) is 1.07. The minimum atomic E-state index is 0.624. The molecule has 1 aromatic heterocycles. The molecule has 1 unspecified atom stereocenters. The monoisotopic (exact) mass is 223 g/mol. The van der Waals surface area contributed by atoms with Crippen molar-refractivity contribution >= 4 is 0 Å². The Morgan fingerprint density at radius 3 is 3.12 bits per heavy atom. The van der Waals surface area contributed by atoms with Crippen molar-refractivity contribution in [1.29, 1.82) is 0 Å². The third-order valence-electron chi connectivity index (χ3n) is 3.09. The molecule has 0 spiro atoms. The van der Waals surface area contributed by atoms with Crippen molar-refractivity contribution in [2.75, 3.05) is 19.6 Å². The SMILES string of the molecule is CCC1CN(Cc2cn(C)nn2)CCCN1. The van der Waals surface area contributed by atoms with Crippen LogP contribution in [0.15, 0.2) is 6.20 Å². The lowest BCUT2D eigenvalue weighted by atomic mass is 10.2. The zero-order valence-corrected chi connectivity index (χ0v) is 10.2. The molecule has 5 heteroatoms. The van der Waals surface area contributed by atoms with Crippen LogP contribution in [0.5, 0.6) is 0 Å². The maximum atomic E-state index is 4.14. The Kier molecular flexibility index (Phi) is 3.90. The summed E-state index contributed by atoms with van der Waals surface area (Å²) in [6.45, 7) is 6.57. The second kappa shape index (κ2) is 5.41. The van der Waals surface area contributed by atoms with E-state index >= 15 is 0 Å². The van der Waals surface area contributed by atoms with E-state index in [1.807, 2.05) is 13.2 Å². The van der Waals surface area contributed by atoms with Gasteiger partial charge in [-0.15, -0.1) is 5.10 Å². The van der Waals surface area contributed by atoms with Crippen LogP contribution >= 0.6 is 0 Å². The van der Waals surface area contributed by atoms with Crippen LogP contribution in [0.2, 0.25) is 0 Å². The van der Waals surface area contributed by atoms with Crippen molar-refractivity contribution in [2.45, 2.75) is 32.4 Å². The van der Waals surface area contributed by atoms with Crippen LogP contribution in [0.4, 0.5) is 0 Å². The lowest BCUT2D eigenvalue weighted by molar-refractivity contribution is 0.254. The Bertz CT molecular complexity index is 322. The minimum Gasteiger partial charge on any atom is -0.313 e. The van der Waals surface area contributed by atoms with Gasteiger partial charge in [0.2, 0.25) is 0 Å². The summed E-state index contributed by atoms with van der Waals surface area (Å²) in [7, 11) is 1.91. The van der Waals surface area contributed by atoms with E-state index in [0.717, 1.165) is 31.9 Å². The predicted molar refractivity (Wildman–Crippen MR) is 63.0 cm³/mol. The first-order valence-electron chi connectivity index (χ1n) is 6.09. The molecule has 1 aliphatic heterocycles. The molecule has 90 valence electrons. The summed E-state index contributed by atoms with van der Waals surface area (Å²) in [6.07, 6.45) is 4.41. The van der Waals surface area contributed by atoms with Crippen LogP contribution in [0, 0.1) is 0 Å². The molecule has 2 heterocycles. The summed E-state index contributed by atoms with van der Waals surface area (Å²) in [4.78, 5) is 2.47. The van der Waals surface area contributed by atoms with E-state index in [1.165, 1.54) is 12.8 Å². The molecule has 0 bridgehead atoms. The zero-order valence-electron chi connectivity index (χ0n) is 10.2. The molecule has 2 rings (SSSR count). The summed E-state index contributed by atoms with van der Waals surface area (Å²) < 4.78 is 1.77. The quantitative estimate of drug-likeness (QED) is 0.805. The Morgan fingerprint density at radius 2 is 2.44 bits per heavy atom. The van der Waals surface area contributed by atoms with E-state index in [0.29, 0.717) is 6.04 Å². The lowest BCUT2D eigenvalue weighted by Gasteiger charge is -2.22. The summed E-state index contributed by atoms with van der Waals surface area (Å²) >= 11 is 0. The van der Waals surface area contributed by atoms with E-state index in [1.54, 1.807) is 4.68 Å². The highest BCUT2D eigenvalue weighted by Crippen LogP contribution is 2.07. The maximum Gasteiger partial charge on any atom is 0.0967 e. The molecule has 0 amide bonds. The van der Waals surface area contributed by atoms with Gasteiger partial charge in [-0.05, 0) is 25.9 Å². The topological polar surface area (TPSA) is 46.0 Å². The van der Waals surface area contributed by atoms with E-state index in [9.17, 15) is 0 Å². The molecule has 5 nitrogen and oxygen atoms in total. The van der Waals surface area contributed by atoms with E-state index in [4.69, 9.17) is 0 Å². The molecule has 1 atom stereocenters. The van der Waals surface area contributed by atoms with Gasteiger partial charge in [0, 0.05) is 32.4 Å². The van der Waals surface area contributed by atoms with Gasteiger partial charge in [0.05, 0.1) is 5.69 Å². The molecule has 0 saturated carbocycles. The van der Waals surface area contributed by atoms with Crippen molar-refractivity contribution in [3.05, 3.63) is 11.9 Å². The lowest BCUT2D eigenvalue weighted by Crippen LogP contribution is -2.36. The number of hydrogen-bond acceptors (Lipinski definition) is 4. The van der Waals surface area contributed by atoms with Crippen molar-refractivity contribution in [2.24, 2.45) is 7.05 Å². The molecule has 1 saturated heterocycles. The number of aryl methyl sites for hydroxylation is 1. The van der Waals surface area contributed by atoms with Gasteiger partial charge in [-0.2, -0.15) is 0 Å². The van der Waals surface area contributed by atoms with E-state index in [2.05, 4.69) is 27.5 Å². The molecule has 1 fully saturated rings. The van der Waals surface area contributed by atoms with Gasteiger partial charge < -0.3 is 5.32 Å². The van der Waals surface area contributed by atoms with Gasteiger partial charge >= 0.3 is 0 Å². The fourth-order valence-electron chi connectivity index (χ4n) is 2.19. The second-order valence-electron chi connectivity index (χ2n) is 4.53. The van der Waals surface area contributed by atoms with Crippen molar-refractivity contribution < 1.29 is 0 Å². The molecular formula is C11H21N5. The van der Waals surface area contributed by atoms with Crippen molar-refractivity contribution in [1.82, 2.24) is 25.2 Å². The average Bonchev–Trinajstić information content (AvgIpc) is 2.55. The average molecular weight is 223 g/mol. The van der Waals surface area contributed by atoms with Crippen LogP contribution < -0.4 is 5.32 Å². The van der Waals surface area contributed by atoms with Gasteiger partial charge in [0.15, 0.2) is 0 Å². The summed E-state index contributed by atoms with van der Waals surface area (Å²) in [5.74, 6) is 0. The van der Waals surface area contributed by atoms with Gasteiger partial charge in [-0.3, -0.25) is 9.58 Å². The fraction of sp³-hybridized carbons (Fsp3) is 0.818. The third-order valence-corrected chi connectivity index (χ3v) is 3.09. The van der Waals surface area contributed by atoms with Crippen molar-refractivity contribution in [3.63, 3.8) is 0 Å². The van der Waals surface area contributed by atoms with Gasteiger partial charge in [-0.25, -0.2) is 0 Å². The van der Waals surface area contributed by atoms with Gasteiger partial charge in [-0.1, -0.05) is 12.1 Å². The van der Waals surface area contributed by atoms with Crippen LogP contribution in [-0.2, 0) is 13.6 Å². The summed E-state index contributed by atoms with van der Waals surface area (Å²) in [5, 5.41) is 11.7. The Hall–Kier alpha value is -0.940. The Balaban J connectivity index is 1.92. The van der Waals surface area contributed by atoms with Crippen LogP contribution in [0.25, 0.3) is 0 Å². The number of rotatable bonds is 3. The van der Waals surface area contributed by atoms with Gasteiger partial charge in [0.1, 0.15) is 0 Å². The van der Waals surface area contributed by atoms with E-state index < -0.39 is 0 Å². The summed E-state index contributed by atoms with van der Waals surface area (Å²) in [6, 6.07) is 0.624. The highest BCUT2D eigenvalue weighted by Gasteiger charge is 2.16. The molecule has 0 radical (unpaired) electrons. The normalized spacial score (nSPS) is 23.2. The predicted octanol–water partition coefficient (Wildman–Crippen LogP) is 0.389. The number of hydrogen-bond donors (Lipinski definition) is 1. The fourth-order valence-corrected chi connectivity index (χ4v) is 2.19. The maximum absolute atomic E-state index is 4.14. The molecule has 1 N–H and O–H groups in total. The first kappa shape index (κ1) is 11.5. The van der Waals surface area contributed by atoms with Crippen LogP contribution in [-0.4, -0.2) is 45.6 Å². The Labute approximate surface area is 96.8 Å². The standard InChI is InChI=1S/C11H21N5/c1-3-10-8-16(6-4-5-12-10)9-11-7-15(2)14-13-11/h7,10,12H,3-6,8-9H2,1-2H3. The van der Waals surface area contributed by atoms with Crippen molar-refractivity contribution in [3.8, 4) is 0 Å². The molecular weight excluding hydrogens is 202 g/mol. The highest BCUT2D eigenvalue weighted by molar-refractivity contribution is 4.92. The van der Waals surface area contributed by atoms with E-state index in [-0.39, 0.29) is 0 Å². The molecule has 0 aliphatic carbocycles. The Morgan fingerprint density at radius 1 is 1.56 bits per heavy atom. The molecule has 1 aliphatic rings. The number of aromatic nitrogens is 3. The van der Waals surface area contributed by atoms with Gasteiger partial charge in [0.25, 0.3) is 0 Å². The third kappa shape index (κ3) is 3.02. The van der Waals surface area contributed by atoms with Crippen LogP contribution in [0.3, 0.4) is 0 Å². The first-order valence-corrected chi connectivity index (χ1v) is 6.09.